The average Bonchev–Trinajstić information content (AvgIpc) is 3.34. The maximum absolute atomic E-state index is 8.65. The van der Waals surface area contributed by atoms with E-state index < -0.39 is 0 Å². The monoisotopic (exact) mass is 344 g/mol. The van der Waals surface area contributed by atoms with Crippen molar-refractivity contribution in [2.24, 2.45) is 0 Å². The van der Waals surface area contributed by atoms with Gasteiger partial charge >= 0.3 is 0 Å². The molecule has 0 fully saturated rings. The van der Waals surface area contributed by atoms with E-state index in [1.807, 2.05) is 36.7 Å². The smallest absolute Gasteiger partial charge is 0.115 e. The van der Waals surface area contributed by atoms with Crippen LogP contribution in [0.15, 0.2) is 97.3 Å². The number of hydrogen-bond donors (Lipinski definition) is 4. The molecule has 0 atom stereocenters. The topological polar surface area (TPSA) is 72.0 Å². The van der Waals surface area contributed by atoms with Crippen LogP contribution in [0.3, 0.4) is 0 Å². The van der Waals surface area contributed by atoms with Crippen molar-refractivity contribution < 1.29 is 10.2 Å². The van der Waals surface area contributed by atoms with Gasteiger partial charge in [0.05, 0.1) is 0 Å². The molecule has 5 aromatic rings. The summed E-state index contributed by atoms with van der Waals surface area (Å²) in [6, 6.07) is 26.3. The molecule has 4 nitrogen and oxygen atoms in total. The number of rotatable bonds is 0. The fourth-order valence-electron chi connectivity index (χ4n) is 2.44. The lowest BCUT2D eigenvalue weighted by Gasteiger charge is -1.88. The SMILES string of the molecule is Oc1ccc(O)cc1.c1ccc2[nH]ccc2c1.c1ccc2[nH]ccc2c1. The molecule has 5 rings (SSSR count). The summed E-state index contributed by atoms with van der Waals surface area (Å²) in [6.07, 6.45) is 3.90. The zero-order valence-corrected chi connectivity index (χ0v) is 14.1. The van der Waals surface area contributed by atoms with Crippen molar-refractivity contribution in [2.45, 2.75) is 0 Å². The summed E-state index contributed by atoms with van der Waals surface area (Å²) in [7, 11) is 0. The quantitative estimate of drug-likeness (QED) is 0.283. The Labute approximate surface area is 151 Å². The maximum Gasteiger partial charge on any atom is 0.115 e. The molecule has 0 aliphatic heterocycles. The van der Waals surface area contributed by atoms with Gasteiger partial charge in [0.1, 0.15) is 11.5 Å². The first kappa shape index (κ1) is 17.2. The number of fused-ring (bicyclic) bond motifs is 2. The highest BCUT2D eigenvalue weighted by Gasteiger charge is 1.87. The molecule has 0 radical (unpaired) electrons. The number of phenolic OH excluding ortho intramolecular Hbond substituents is 2. The van der Waals surface area contributed by atoms with Gasteiger partial charge in [-0.2, -0.15) is 0 Å². The van der Waals surface area contributed by atoms with Crippen LogP contribution in [0.25, 0.3) is 21.8 Å². The lowest BCUT2D eigenvalue weighted by atomic mass is 10.3. The summed E-state index contributed by atoms with van der Waals surface area (Å²) in [5.41, 5.74) is 2.41. The third kappa shape index (κ3) is 4.68. The number of aromatic nitrogens is 2. The Bertz CT molecular complexity index is 915. The fraction of sp³-hybridized carbons (Fsp3) is 0. The van der Waals surface area contributed by atoms with E-state index in [9.17, 15) is 0 Å². The summed E-state index contributed by atoms with van der Waals surface area (Å²) in [5, 5.41) is 19.8. The van der Waals surface area contributed by atoms with Crippen molar-refractivity contribution in [3.63, 3.8) is 0 Å². The van der Waals surface area contributed by atoms with E-state index >= 15 is 0 Å². The second kappa shape index (κ2) is 8.44. The molecule has 0 saturated carbocycles. The van der Waals surface area contributed by atoms with E-state index in [-0.39, 0.29) is 11.5 Å². The van der Waals surface area contributed by atoms with Crippen molar-refractivity contribution in [3.8, 4) is 11.5 Å². The average molecular weight is 344 g/mol. The lowest BCUT2D eigenvalue weighted by molar-refractivity contribution is 0.460. The molecule has 0 spiro atoms. The second-order valence-corrected chi connectivity index (χ2v) is 5.65. The van der Waals surface area contributed by atoms with Crippen molar-refractivity contribution in [2.75, 3.05) is 0 Å². The second-order valence-electron chi connectivity index (χ2n) is 5.65. The van der Waals surface area contributed by atoms with Crippen LogP contribution < -0.4 is 0 Å². The standard InChI is InChI=1S/2C8H7N.C6H6O2/c2*1-2-4-8-7(3-1)5-6-9-8;7-5-1-2-6(8)4-3-5/h2*1-6,9H;1-4,7-8H. The summed E-state index contributed by atoms with van der Waals surface area (Å²) < 4.78 is 0. The van der Waals surface area contributed by atoms with Crippen LogP contribution >= 0.6 is 0 Å². The van der Waals surface area contributed by atoms with Gasteiger partial charge in [-0.25, -0.2) is 0 Å². The maximum atomic E-state index is 8.65. The molecular formula is C22H20N2O2. The predicted molar refractivity (Wildman–Crippen MR) is 106 cm³/mol. The van der Waals surface area contributed by atoms with Crippen LogP contribution in [-0.4, -0.2) is 20.2 Å². The van der Waals surface area contributed by atoms with Crippen molar-refractivity contribution in [3.05, 3.63) is 97.3 Å². The number of aromatic hydroxyl groups is 2. The van der Waals surface area contributed by atoms with Crippen LogP contribution in [0, 0.1) is 0 Å². The van der Waals surface area contributed by atoms with E-state index in [0.717, 1.165) is 0 Å². The first-order valence-corrected chi connectivity index (χ1v) is 8.24. The third-order valence-electron chi connectivity index (χ3n) is 3.77. The number of phenols is 2. The molecule has 0 aliphatic rings. The molecule has 0 bridgehead atoms. The molecule has 0 aliphatic carbocycles. The van der Waals surface area contributed by atoms with Gasteiger partial charge in [0.15, 0.2) is 0 Å². The Balaban J connectivity index is 0.000000113. The van der Waals surface area contributed by atoms with Gasteiger partial charge in [-0.15, -0.1) is 0 Å². The van der Waals surface area contributed by atoms with Crippen molar-refractivity contribution >= 4 is 21.8 Å². The number of H-pyrrole nitrogens is 2. The molecule has 2 heterocycles. The van der Waals surface area contributed by atoms with Crippen LogP contribution in [-0.2, 0) is 0 Å². The Kier molecular flexibility index (Phi) is 5.58. The van der Waals surface area contributed by atoms with Gasteiger partial charge in [-0.05, 0) is 59.3 Å². The molecule has 0 unspecified atom stereocenters. The highest BCUT2D eigenvalue weighted by molar-refractivity contribution is 5.79. The van der Waals surface area contributed by atoms with Crippen molar-refractivity contribution in [1.82, 2.24) is 9.97 Å². The van der Waals surface area contributed by atoms with Gasteiger partial charge in [-0.3, -0.25) is 0 Å². The Morgan fingerprint density at radius 1 is 0.462 bits per heavy atom. The zero-order chi connectivity index (χ0) is 18.2. The molecule has 0 amide bonds. The molecule has 2 aromatic heterocycles. The van der Waals surface area contributed by atoms with E-state index in [2.05, 4.69) is 46.4 Å². The Morgan fingerprint density at radius 2 is 0.846 bits per heavy atom. The predicted octanol–water partition coefficient (Wildman–Crippen LogP) is 5.43. The van der Waals surface area contributed by atoms with Crippen LogP contribution in [0.5, 0.6) is 11.5 Å². The number of aromatic amines is 2. The molecular weight excluding hydrogens is 324 g/mol. The van der Waals surface area contributed by atoms with Crippen molar-refractivity contribution in [1.29, 1.82) is 0 Å². The van der Waals surface area contributed by atoms with E-state index in [0.29, 0.717) is 0 Å². The highest BCUT2D eigenvalue weighted by atomic mass is 16.3. The number of nitrogens with one attached hydrogen (secondary N) is 2. The van der Waals surface area contributed by atoms with Crippen LogP contribution in [0.4, 0.5) is 0 Å². The van der Waals surface area contributed by atoms with E-state index in [4.69, 9.17) is 10.2 Å². The summed E-state index contributed by atoms with van der Waals surface area (Å²) in [4.78, 5) is 6.24. The first-order chi connectivity index (χ1) is 12.7. The third-order valence-corrected chi connectivity index (χ3v) is 3.77. The zero-order valence-electron chi connectivity index (χ0n) is 14.1. The van der Waals surface area contributed by atoms with E-state index in [1.165, 1.54) is 46.1 Å². The fourth-order valence-corrected chi connectivity index (χ4v) is 2.44. The van der Waals surface area contributed by atoms with Gasteiger partial charge < -0.3 is 20.2 Å². The summed E-state index contributed by atoms with van der Waals surface area (Å²) in [6.45, 7) is 0. The number of hydrogen-bond acceptors (Lipinski definition) is 2. The van der Waals surface area contributed by atoms with Gasteiger partial charge in [-0.1, -0.05) is 36.4 Å². The van der Waals surface area contributed by atoms with Crippen LogP contribution in [0.2, 0.25) is 0 Å². The summed E-state index contributed by atoms with van der Waals surface area (Å²) >= 11 is 0. The molecule has 26 heavy (non-hydrogen) atoms. The minimum absolute atomic E-state index is 0.169. The molecule has 130 valence electrons. The van der Waals surface area contributed by atoms with Gasteiger partial charge in [0.2, 0.25) is 0 Å². The normalized spacial score (nSPS) is 9.85. The molecule has 4 N–H and O–H groups in total. The first-order valence-electron chi connectivity index (χ1n) is 8.24. The summed E-state index contributed by atoms with van der Waals surface area (Å²) in [5.74, 6) is 0.339. The molecule has 0 saturated heterocycles. The van der Waals surface area contributed by atoms with E-state index in [1.54, 1.807) is 0 Å². The lowest BCUT2D eigenvalue weighted by Crippen LogP contribution is -1.61. The Morgan fingerprint density at radius 3 is 1.23 bits per heavy atom. The highest BCUT2D eigenvalue weighted by Crippen LogP contribution is 2.13. The minimum atomic E-state index is 0.169. The number of benzene rings is 3. The van der Waals surface area contributed by atoms with Crippen LogP contribution in [0.1, 0.15) is 0 Å². The van der Waals surface area contributed by atoms with Gasteiger partial charge in [0, 0.05) is 23.4 Å². The molecule has 3 aromatic carbocycles. The van der Waals surface area contributed by atoms with Gasteiger partial charge in [0.25, 0.3) is 0 Å². The minimum Gasteiger partial charge on any atom is -0.508 e. The largest absolute Gasteiger partial charge is 0.508 e. The number of para-hydroxylation sites is 2. The Hall–Kier alpha value is -3.66. The molecule has 4 heteroatoms.